The topological polar surface area (TPSA) is 92.5 Å². The minimum atomic E-state index is -1.61. The molecule has 0 radical (unpaired) electrons. The van der Waals surface area contributed by atoms with Crippen molar-refractivity contribution in [3.63, 3.8) is 0 Å². The summed E-state index contributed by atoms with van der Waals surface area (Å²) in [4.78, 5) is 36.6. The van der Waals surface area contributed by atoms with Gasteiger partial charge < -0.3 is 16.0 Å². The molecule has 32 heavy (non-hydrogen) atoms. The van der Waals surface area contributed by atoms with Crippen molar-refractivity contribution in [3.8, 4) is 0 Å². The normalized spacial score (nSPS) is 18.5. The molecular weight excluding hydrogens is 409 g/mol. The first-order chi connectivity index (χ1) is 14.9. The highest BCUT2D eigenvalue weighted by atomic mass is 19.1. The zero-order valence-corrected chi connectivity index (χ0v) is 20.5. The molecule has 1 atom stereocenters. The van der Waals surface area contributed by atoms with Gasteiger partial charge in [-0.25, -0.2) is 4.39 Å². The van der Waals surface area contributed by atoms with Crippen molar-refractivity contribution in [1.82, 2.24) is 10.2 Å². The van der Waals surface area contributed by atoms with Crippen molar-refractivity contribution in [2.24, 2.45) is 11.1 Å². The Labute approximate surface area is 192 Å². The Morgan fingerprint density at radius 1 is 1.19 bits per heavy atom. The standard InChI is InChI=1S/C19H28N2O2.C4H6FNO.C2H6/c1-14-8-5-6-9-15(14)13-20-18(23)16-10-7-11-21(16)17(22)12-19(2,3)4;5-4(1-2-4)3(6)7;1-2/h5-6,8-9,16H,7,10-13H2,1-4H3,(H,20,23);1-2H2,(H2,6,7);1-2H3. The molecule has 1 saturated heterocycles. The number of likely N-dealkylation sites (tertiary alicyclic amines) is 1. The van der Waals surface area contributed by atoms with E-state index in [0.717, 1.165) is 18.4 Å². The number of carbonyl (C=O) groups is 3. The number of hydrogen-bond acceptors (Lipinski definition) is 3. The molecule has 0 spiro atoms. The number of nitrogens with two attached hydrogens (primary N) is 1. The molecule has 1 aromatic rings. The maximum absolute atomic E-state index is 12.5. The van der Waals surface area contributed by atoms with Crippen LogP contribution in [0.2, 0.25) is 0 Å². The monoisotopic (exact) mass is 449 g/mol. The summed E-state index contributed by atoms with van der Waals surface area (Å²) in [6.45, 7) is 13.4. The highest BCUT2D eigenvalue weighted by Crippen LogP contribution is 2.38. The third kappa shape index (κ3) is 8.60. The Bertz CT molecular complexity index is 785. The molecule has 1 unspecified atom stereocenters. The van der Waals surface area contributed by atoms with Crippen LogP contribution in [0, 0.1) is 12.3 Å². The largest absolute Gasteiger partial charge is 0.367 e. The van der Waals surface area contributed by atoms with Crippen molar-refractivity contribution in [3.05, 3.63) is 35.4 Å². The van der Waals surface area contributed by atoms with Crippen LogP contribution >= 0.6 is 0 Å². The zero-order valence-electron chi connectivity index (χ0n) is 20.5. The van der Waals surface area contributed by atoms with Crippen molar-refractivity contribution < 1.29 is 18.8 Å². The van der Waals surface area contributed by atoms with Crippen molar-refractivity contribution in [1.29, 1.82) is 0 Å². The Balaban J connectivity index is 0.000000477. The minimum absolute atomic E-state index is 0.0342. The van der Waals surface area contributed by atoms with Crippen LogP contribution in [0.15, 0.2) is 24.3 Å². The van der Waals surface area contributed by atoms with Gasteiger partial charge in [-0.2, -0.15) is 0 Å². The molecule has 1 heterocycles. The van der Waals surface area contributed by atoms with Crippen molar-refractivity contribution >= 4 is 17.7 Å². The first kappa shape index (κ1) is 27.6. The summed E-state index contributed by atoms with van der Waals surface area (Å²) in [5.74, 6) is -0.758. The molecule has 1 aliphatic carbocycles. The van der Waals surface area contributed by atoms with Gasteiger partial charge in [0.2, 0.25) is 11.8 Å². The molecule has 1 aliphatic heterocycles. The first-order valence-electron chi connectivity index (χ1n) is 11.5. The third-order valence-electron chi connectivity index (χ3n) is 5.40. The Morgan fingerprint density at radius 2 is 1.78 bits per heavy atom. The molecule has 180 valence electrons. The van der Waals surface area contributed by atoms with Crippen LogP contribution in [0.3, 0.4) is 0 Å². The van der Waals surface area contributed by atoms with E-state index in [1.54, 1.807) is 4.90 Å². The quantitative estimate of drug-likeness (QED) is 0.711. The second kappa shape index (κ2) is 12.0. The SMILES string of the molecule is CC.Cc1ccccc1CNC(=O)C1CCCN1C(=O)CC(C)(C)C.NC(=O)C1(F)CC1. The number of rotatable bonds is 5. The second-order valence-corrected chi connectivity index (χ2v) is 9.46. The lowest BCUT2D eigenvalue weighted by atomic mass is 9.91. The summed E-state index contributed by atoms with van der Waals surface area (Å²) in [5.41, 5.74) is 5.24. The van der Waals surface area contributed by atoms with E-state index in [2.05, 4.69) is 11.1 Å². The van der Waals surface area contributed by atoms with Gasteiger partial charge in [-0.3, -0.25) is 14.4 Å². The molecule has 2 aliphatic rings. The van der Waals surface area contributed by atoms with Crippen LogP contribution in [-0.2, 0) is 20.9 Å². The maximum Gasteiger partial charge on any atom is 0.255 e. The lowest BCUT2D eigenvalue weighted by Crippen LogP contribution is -2.46. The van der Waals surface area contributed by atoms with E-state index in [0.29, 0.717) is 32.4 Å². The fourth-order valence-corrected chi connectivity index (χ4v) is 3.36. The predicted octanol–water partition coefficient (Wildman–Crippen LogP) is 4.04. The number of nitrogens with one attached hydrogen (secondary N) is 1. The molecule has 7 heteroatoms. The van der Waals surface area contributed by atoms with E-state index in [1.807, 2.05) is 65.8 Å². The molecule has 6 nitrogen and oxygen atoms in total. The van der Waals surface area contributed by atoms with E-state index >= 15 is 0 Å². The lowest BCUT2D eigenvalue weighted by Gasteiger charge is -2.27. The van der Waals surface area contributed by atoms with Crippen molar-refractivity contribution in [2.75, 3.05) is 6.54 Å². The highest BCUT2D eigenvalue weighted by molar-refractivity contribution is 5.88. The molecule has 1 aromatic carbocycles. The molecule has 3 rings (SSSR count). The highest BCUT2D eigenvalue weighted by Gasteiger charge is 2.49. The van der Waals surface area contributed by atoms with Gasteiger partial charge in [-0.05, 0) is 49.1 Å². The van der Waals surface area contributed by atoms with E-state index in [4.69, 9.17) is 0 Å². The summed E-state index contributed by atoms with van der Waals surface area (Å²) >= 11 is 0. The maximum atomic E-state index is 12.5. The Hall–Kier alpha value is -2.44. The number of benzene rings is 1. The Kier molecular flexibility index (Phi) is 10.3. The summed E-state index contributed by atoms with van der Waals surface area (Å²) in [6.07, 6.45) is 2.78. The average molecular weight is 450 g/mol. The van der Waals surface area contributed by atoms with E-state index < -0.39 is 11.6 Å². The van der Waals surface area contributed by atoms with Crippen LogP contribution in [0.25, 0.3) is 0 Å². The summed E-state index contributed by atoms with van der Waals surface area (Å²) in [5, 5.41) is 3.00. The van der Waals surface area contributed by atoms with Crippen LogP contribution in [0.4, 0.5) is 4.39 Å². The van der Waals surface area contributed by atoms with Gasteiger partial charge in [0.25, 0.3) is 5.91 Å². The Morgan fingerprint density at radius 3 is 2.25 bits per heavy atom. The van der Waals surface area contributed by atoms with Crippen LogP contribution in [0.5, 0.6) is 0 Å². The summed E-state index contributed by atoms with van der Waals surface area (Å²) < 4.78 is 12.1. The number of primary amides is 1. The van der Waals surface area contributed by atoms with Crippen molar-refractivity contribution in [2.45, 2.75) is 91.9 Å². The number of amides is 3. The van der Waals surface area contributed by atoms with E-state index in [9.17, 15) is 18.8 Å². The van der Waals surface area contributed by atoms with Gasteiger partial charge in [-0.1, -0.05) is 58.9 Å². The van der Waals surface area contributed by atoms with Crippen LogP contribution < -0.4 is 11.1 Å². The van der Waals surface area contributed by atoms with Gasteiger partial charge in [0, 0.05) is 19.5 Å². The van der Waals surface area contributed by atoms with E-state index in [-0.39, 0.29) is 23.3 Å². The van der Waals surface area contributed by atoms with Gasteiger partial charge >= 0.3 is 0 Å². The third-order valence-corrected chi connectivity index (χ3v) is 5.40. The molecule has 0 bridgehead atoms. The number of halogens is 1. The van der Waals surface area contributed by atoms with Gasteiger partial charge in [0.15, 0.2) is 5.67 Å². The summed E-state index contributed by atoms with van der Waals surface area (Å²) in [6, 6.07) is 7.71. The zero-order chi connectivity index (χ0) is 24.5. The lowest BCUT2D eigenvalue weighted by molar-refractivity contribution is -0.139. The second-order valence-electron chi connectivity index (χ2n) is 9.46. The molecule has 1 saturated carbocycles. The number of alkyl halides is 1. The van der Waals surface area contributed by atoms with Crippen LogP contribution in [-0.4, -0.2) is 40.9 Å². The first-order valence-corrected chi connectivity index (χ1v) is 11.5. The van der Waals surface area contributed by atoms with E-state index in [1.165, 1.54) is 5.56 Å². The van der Waals surface area contributed by atoms with Gasteiger partial charge in [-0.15, -0.1) is 0 Å². The fraction of sp³-hybridized carbons (Fsp3) is 0.640. The predicted molar refractivity (Wildman–Crippen MR) is 125 cm³/mol. The molecular formula is C25H40FN3O3. The van der Waals surface area contributed by atoms with Crippen LogP contribution in [0.1, 0.15) is 77.8 Å². The summed E-state index contributed by atoms with van der Waals surface area (Å²) in [7, 11) is 0. The molecule has 3 amide bonds. The number of hydrogen-bond donors (Lipinski definition) is 2. The fourth-order valence-electron chi connectivity index (χ4n) is 3.36. The molecule has 2 fully saturated rings. The smallest absolute Gasteiger partial charge is 0.255 e. The average Bonchev–Trinajstić information content (AvgIpc) is 3.28. The number of carbonyl (C=O) groups excluding carboxylic acids is 3. The molecule has 3 N–H and O–H groups in total. The molecule has 0 aromatic heterocycles. The van der Waals surface area contributed by atoms with Gasteiger partial charge in [0.05, 0.1) is 0 Å². The minimum Gasteiger partial charge on any atom is -0.367 e. The van der Waals surface area contributed by atoms with Gasteiger partial charge in [0.1, 0.15) is 6.04 Å². The number of nitrogens with zero attached hydrogens (tertiary/aromatic N) is 1. The number of aryl methyl sites for hydroxylation is 1.